The smallest absolute Gasteiger partial charge is 0.261 e. The molecule has 5 nitrogen and oxygen atoms in total. The predicted molar refractivity (Wildman–Crippen MR) is 124 cm³/mol. The molecule has 0 saturated heterocycles. The molecular weight excluding hydrogens is 458 g/mol. The fourth-order valence-corrected chi connectivity index (χ4v) is 4.88. The summed E-state index contributed by atoms with van der Waals surface area (Å²) in [5.74, 6) is 1.55. The summed E-state index contributed by atoms with van der Waals surface area (Å²) in [5, 5.41) is 7.93. The molecule has 4 aromatic rings. The predicted octanol–water partition coefficient (Wildman–Crippen LogP) is 5.82. The van der Waals surface area contributed by atoms with Crippen LogP contribution in [0.4, 0.5) is 29.1 Å². The van der Waals surface area contributed by atoms with Crippen molar-refractivity contribution in [2.75, 3.05) is 11.4 Å². The largest absolute Gasteiger partial charge is 0.325 e. The van der Waals surface area contributed by atoms with Crippen molar-refractivity contribution in [2.45, 2.75) is 45.0 Å². The number of hydrogen-bond acceptors (Lipinski definition) is 4. The van der Waals surface area contributed by atoms with E-state index in [-0.39, 0.29) is 17.0 Å². The van der Waals surface area contributed by atoms with Crippen LogP contribution in [0.15, 0.2) is 36.7 Å². The first-order chi connectivity index (χ1) is 16.8. The van der Waals surface area contributed by atoms with E-state index in [1.165, 1.54) is 16.8 Å². The fourth-order valence-electron chi connectivity index (χ4n) is 4.88. The quantitative estimate of drug-likeness (QED) is 0.269. The summed E-state index contributed by atoms with van der Waals surface area (Å²) in [7, 11) is 0. The van der Waals surface area contributed by atoms with E-state index >= 15 is 4.39 Å². The van der Waals surface area contributed by atoms with E-state index in [0.29, 0.717) is 36.9 Å². The molecule has 1 fully saturated rings. The van der Waals surface area contributed by atoms with Crippen LogP contribution < -0.4 is 4.90 Å². The summed E-state index contributed by atoms with van der Waals surface area (Å²) in [6.07, 6.45) is 4.46. The zero-order chi connectivity index (χ0) is 24.4. The van der Waals surface area contributed by atoms with Crippen LogP contribution in [0.25, 0.3) is 16.7 Å². The zero-order valence-corrected chi connectivity index (χ0v) is 19.0. The van der Waals surface area contributed by atoms with E-state index < -0.39 is 23.0 Å². The SMILES string of the molecule is CC(F)(F)C1(C#Cc2cccc3c2CCCCN3c2nc3nncn3c3ccc(F)c(F)c23)CC1. The molecule has 0 spiro atoms. The number of rotatable bonds is 2. The number of anilines is 2. The highest BCUT2D eigenvalue weighted by atomic mass is 19.3. The molecule has 3 heterocycles. The lowest BCUT2D eigenvalue weighted by atomic mass is 9.97. The van der Waals surface area contributed by atoms with Crippen molar-refractivity contribution in [2.24, 2.45) is 5.41 Å². The van der Waals surface area contributed by atoms with E-state index in [1.807, 2.05) is 17.0 Å². The Morgan fingerprint density at radius 3 is 2.69 bits per heavy atom. The molecule has 9 heteroatoms. The molecule has 1 aliphatic heterocycles. The van der Waals surface area contributed by atoms with E-state index in [9.17, 15) is 13.2 Å². The summed E-state index contributed by atoms with van der Waals surface area (Å²) < 4.78 is 59.2. The molecule has 0 atom stereocenters. The van der Waals surface area contributed by atoms with Crippen LogP contribution in [-0.2, 0) is 6.42 Å². The Bertz CT molecular complexity index is 1540. The molecule has 0 bridgehead atoms. The molecule has 2 aromatic carbocycles. The second-order valence-corrected chi connectivity index (χ2v) is 9.32. The minimum Gasteiger partial charge on any atom is -0.325 e. The summed E-state index contributed by atoms with van der Waals surface area (Å²) >= 11 is 0. The number of benzene rings is 2. The molecule has 0 amide bonds. The Labute approximate surface area is 198 Å². The van der Waals surface area contributed by atoms with E-state index in [0.717, 1.165) is 37.1 Å². The summed E-state index contributed by atoms with van der Waals surface area (Å²) in [6, 6.07) is 8.07. The maximum absolute atomic E-state index is 15.2. The van der Waals surface area contributed by atoms with Gasteiger partial charge in [-0.1, -0.05) is 17.9 Å². The van der Waals surface area contributed by atoms with Crippen molar-refractivity contribution in [1.82, 2.24) is 19.6 Å². The summed E-state index contributed by atoms with van der Waals surface area (Å²) in [4.78, 5) is 6.42. The molecule has 0 N–H and O–H groups in total. The van der Waals surface area contributed by atoms with Gasteiger partial charge in [0.1, 0.15) is 12.1 Å². The molecule has 1 saturated carbocycles. The van der Waals surface area contributed by atoms with Crippen molar-refractivity contribution < 1.29 is 17.6 Å². The van der Waals surface area contributed by atoms with Gasteiger partial charge in [-0.25, -0.2) is 17.6 Å². The standard InChI is InChI=1S/C26H21F4N5/c1-25(29,30)26(12-13-26)11-10-16-5-4-7-19-17(16)6-2-3-14-34(19)23-21-20(9-8-18(27)22(21)28)35-15-31-33-24(35)32-23/h4-5,7-9,15H,2-3,6,12-14H2,1H3. The highest BCUT2D eigenvalue weighted by Gasteiger charge is 2.58. The highest BCUT2D eigenvalue weighted by Crippen LogP contribution is 2.56. The van der Waals surface area contributed by atoms with Gasteiger partial charge in [-0.2, -0.15) is 4.98 Å². The van der Waals surface area contributed by atoms with Crippen LogP contribution in [0.2, 0.25) is 0 Å². The minimum atomic E-state index is -2.87. The van der Waals surface area contributed by atoms with E-state index in [2.05, 4.69) is 27.0 Å². The van der Waals surface area contributed by atoms with Crippen LogP contribution in [0.1, 0.15) is 43.7 Å². The first kappa shape index (κ1) is 21.8. The van der Waals surface area contributed by atoms with Crippen LogP contribution in [0.3, 0.4) is 0 Å². The Balaban J connectivity index is 1.55. The van der Waals surface area contributed by atoms with Gasteiger partial charge in [-0.15, -0.1) is 10.2 Å². The molecule has 2 aromatic heterocycles. The van der Waals surface area contributed by atoms with Gasteiger partial charge in [0.2, 0.25) is 0 Å². The molecule has 1 aliphatic carbocycles. The van der Waals surface area contributed by atoms with E-state index in [1.54, 1.807) is 6.07 Å². The van der Waals surface area contributed by atoms with Crippen LogP contribution in [0, 0.1) is 28.9 Å². The topological polar surface area (TPSA) is 46.3 Å². The number of fused-ring (bicyclic) bond motifs is 4. The number of halogens is 4. The monoisotopic (exact) mass is 479 g/mol. The first-order valence-corrected chi connectivity index (χ1v) is 11.6. The molecule has 6 rings (SSSR count). The van der Waals surface area contributed by atoms with Gasteiger partial charge in [0.25, 0.3) is 11.7 Å². The molecule has 0 unspecified atom stereocenters. The molecule has 178 valence electrons. The second kappa shape index (κ2) is 7.67. The van der Waals surface area contributed by atoms with Crippen LogP contribution in [0.5, 0.6) is 0 Å². The maximum atomic E-state index is 15.2. The zero-order valence-electron chi connectivity index (χ0n) is 19.0. The maximum Gasteiger partial charge on any atom is 0.261 e. The van der Waals surface area contributed by atoms with Crippen molar-refractivity contribution in [3.63, 3.8) is 0 Å². The molecule has 35 heavy (non-hydrogen) atoms. The molecule has 0 radical (unpaired) electrons. The number of aromatic nitrogens is 4. The van der Waals surface area contributed by atoms with Crippen molar-refractivity contribution in [1.29, 1.82) is 0 Å². The molecule has 2 aliphatic rings. The van der Waals surface area contributed by atoms with Crippen LogP contribution >= 0.6 is 0 Å². The third-order valence-corrected chi connectivity index (χ3v) is 7.07. The van der Waals surface area contributed by atoms with Gasteiger partial charge >= 0.3 is 0 Å². The molecular formula is C26H21F4N5. The Hall–Kier alpha value is -3.67. The number of hydrogen-bond donors (Lipinski definition) is 0. The van der Waals surface area contributed by atoms with Gasteiger partial charge in [0, 0.05) is 24.7 Å². The van der Waals surface area contributed by atoms with Gasteiger partial charge in [-0.3, -0.25) is 4.40 Å². The fraction of sp³-hybridized carbons (Fsp3) is 0.346. The first-order valence-electron chi connectivity index (χ1n) is 11.6. The van der Waals surface area contributed by atoms with Crippen molar-refractivity contribution >= 4 is 28.2 Å². The lowest BCUT2D eigenvalue weighted by molar-refractivity contribution is -0.0294. The lowest BCUT2D eigenvalue weighted by Crippen LogP contribution is -2.24. The Morgan fingerprint density at radius 1 is 1.09 bits per heavy atom. The van der Waals surface area contributed by atoms with Gasteiger partial charge in [0.05, 0.1) is 16.3 Å². The van der Waals surface area contributed by atoms with Gasteiger partial charge in [0.15, 0.2) is 11.6 Å². The van der Waals surface area contributed by atoms with Gasteiger partial charge < -0.3 is 4.90 Å². The highest BCUT2D eigenvalue weighted by molar-refractivity contribution is 5.94. The number of nitrogens with zero attached hydrogens (tertiary/aromatic N) is 5. The third-order valence-electron chi connectivity index (χ3n) is 7.07. The average Bonchev–Trinajstić information content (AvgIpc) is 3.55. The van der Waals surface area contributed by atoms with Crippen molar-refractivity contribution in [3.05, 3.63) is 59.4 Å². The van der Waals surface area contributed by atoms with E-state index in [4.69, 9.17) is 0 Å². The summed E-state index contributed by atoms with van der Waals surface area (Å²) in [6.45, 7) is 1.44. The third kappa shape index (κ3) is 3.42. The summed E-state index contributed by atoms with van der Waals surface area (Å²) in [5.41, 5.74) is 1.45. The van der Waals surface area contributed by atoms with Crippen molar-refractivity contribution in [3.8, 4) is 11.8 Å². The minimum absolute atomic E-state index is 0.0317. The number of alkyl halides is 2. The Kier molecular flexibility index (Phi) is 4.78. The Morgan fingerprint density at radius 2 is 1.91 bits per heavy atom. The second-order valence-electron chi connectivity index (χ2n) is 9.32. The average molecular weight is 479 g/mol. The van der Waals surface area contributed by atoms with Gasteiger partial charge in [-0.05, 0) is 61.9 Å². The lowest BCUT2D eigenvalue weighted by Gasteiger charge is -2.26. The van der Waals surface area contributed by atoms with Crippen LogP contribution in [-0.4, -0.2) is 32.0 Å². The normalized spacial score (nSPS) is 17.1.